The summed E-state index contributed by atoms with van der Waals surface area (Å²) in [6.45, 7) is 2.57. The summed E-state index contributed by atoms with van der Waals surface area (Å²) in [5.74, 6) is 0.181. The SMILES string of the molecule is CCC(N)Cc1ccn(CCS(C)(=O)=O)c1. The molecule has 2 N–H and O–H groups in total. The molecule has 16 heavy (non-hydrogen) atoms. The van der Waals surface area contributed by atoms with Gasteiger partial charge in [-0.1, -0.05) is 6.92 Å². The van der Waals surface area contributed by atoms with E-state index in [1.165, 1.54) is 11.8 Å². The van der Waals surface area contributed by atoms with Gasteiger partial charge in [0.2, 0.25) is 0 Å². The van der Waals surface area contributed by atoms with Crippen LogP contribution in [0.4, 0.5) is 0 Å². The molecule has 1 rings (SSSR count). The van der Waals surface area contributed by atoms with Gasteiger partial charge in [-0.15, -0.1) is 0 Å². The Morgan fingerprint density at radius 3 is 2.75 bits per heavy atom. The van der Waals surface area contributed by atoms with Crippen LogP contribution < -0.4 is 5.73 Å². The molecule has 1 heterocycles. The van der Waals surface area contributed by atoms with E-state index in [9.17, 15) is 8.42 Å². The number of aryl methyl sites for hydroxylation is 1. The molecule has 1 aromatic rings. The fourth-order valence-corrected chi connectivity index (χ4v) is 2.01. The van der Waals surface area contributed by atoms with Gasteiger partial charge in [0.1, 0.15) is 9.84 Å². The second-order valence-electron chi connectivity index (χ2n) is 4.26. The zero-order chi connectivity index (χ0) is 12.2. The van der Waals surface area contributed by atoms with Crippen molar-refractivity contribution >= 4 is 9.84 Å². The number of nitrogens with two attached hydrogens (primary N) is 1. The van der Waals surface area contributed by atoms with Crippen LogP contribution in [-0.2, 0) is 22.8 Å². The van der Waals surface area contributed by atoms with E-state index in [2.05, 4.69) is 6.92 Å². The molecule has 0 saturated heterocycles. The van der Waals surface area contributed by atoms with Crippen LogP contribution in [0.25, 0.3) is 0 Å². The molecule has 4 nitrogen and oxygen atoms in total. The maximum Gasteiger partial charge on any atom is 0.149 e. The van der Waals surface area contributed by atoms with Crippen LogP contribution in [0.1, 0.15) is 18.9 Å². The van der Waals surface area contributed by atoms with E-state index in [0.717, 1.165) is 12.8 Å². The topological polar surface area (TPSA) is 65.1 Å². The number of sulfone groups is 1. The highest BCUT2D eigenvalue weighted by molar-refractivity contribution is 7.90. The predicted molar refractivity (Wildman–Crippen MR) is 66.1 cm³/mol. The Hall–Kier alpha value is -0.810. The molecule has 92 valence electrons. The van der Waals surface area contributed by atoms with Crippen LogP contribution in [0.2, 0.25) is 0 Å². The van der Waals surface area contributed by atoms with Gasteiger partial charge in [0.15, 0.2) is 0 Å². The fraction of sp³-hybridized carbons (Fsp3) is 0.636. The predicted octanol–water partition coefficient (Wildman–Crippen LogP) is 0.813. The minimum absolute atomic E-state index is 0.181. The minimum Gasteiger partial charge on any atom is -0.353 e. The molecule has 0 bridgehead atoms. The van der Waals surface area contributed by atoms with Gasteiger partial charge < -0.3 is 10.3 Å². The Morgan fingerprint density at radius 1 is 1.50 bits per heavy atom. The maximum atomic E-state index is 11.0. The first-order valence-corrected chi connectivity index (χ1v) is 7.54. The lowest BCUT2D eigenvalue weighted by molar-refractivity contribution is 0.594. The minimum atomic E-state index is -2.89. The van der Waals surface area contributed by atoms with E-state index >= 15 is 0 Å². The Balaban J connectivity index is 2.52. The van der Waals surface area contributed by atoms with E-state index in [-0.39, 0.29) is 11.8 Å². The van der Waals surface area contributed by atoms with Crippen molar-refractivity contribution < 1.29 is 8.42 Å². The number of aromatic nitrogens is 1. The number of hydrogen-bond acceptors (Lipinski definition) is 3. The summed E-state index contributed by atoms with van der Waals surface area (Å²) in [6.07, 6.45) is 6.94. The molecule has 0 aliphatic rings. The van der Waals surface area contributed by atoms with Gasteiger partial charge in [0.05, 0.1) is 5.75 Å². The zero-order valence-corrected chi connectivity index (χ0v) is 10.7. The number of hydrogen-bond donors (Lipinski definition) is 1. The number of rotatable bonds is 6. The van der Waals surface area contributed by atoms with Crippen LogP contribution in [-0.4, -0.2) is 31.0 Å². The molecule has 0 saturated carbocycles. The smallest absolute Gasteiger partial charge is 0.149 e. The lowest BCUT2D eigenvalue weighted by atomic mass is 10.1. The van der Waals surface area contributed by atoms with Crippen molar-refractivity contribution in [2.75, 3.05) is 12.0 Å². The van der Waals surface area contributed by atoms with Gasteiger partial charge in [0, 0.05) is 31.2 Å². The quantitative estimate of drug-likeness (QED) is 0.805. The molecule has 0 spiro atoms. The first-order valence-electron chi connectivity index (χ1n) is 5.48. The number of nitrogens with zero attached hydrogens (tertiary/aromatic N) is 1. The van der Waals surface area contributed by atoms with Gasteiger partial charge in [-0.2, -0.15) is 0 Å². The summed E-state index contributed by atoms with van der Waals surface area (Å²) < 4.78 is 23.9. The molecule has 5 heteroatoms. The highest BCUT2D eigenvalue weighted by atomic mass is 32.2. The average Bonchev–Trinajstić information content (AvgIpc) is 2.61. The molecule has 1 unspecified atom stereocenters. The van der Waals surface area contributed by atoms with Crippen molar-refractivity contribution in [2.24, 2.45) is 5.73 Å². The Labute approximate surface area is 97.4 Å². The van der Waals surface area contributed by atoms with Crippen molar-refractivity contribution in [3.63, 3.8) is 0 Å². The van der Waals surface area contributed by atoms with Crippen molar-refractivity contribution in [3.8, 4) is 0 Å². The maximum absolute atomic E-state index is 11.0. The largest absolute Gasteiger partial charge is 0.353 e. The molecule has 0 aliphatic heterocycles. The third-order valence-corrected chi connectivity index (χ3v) is 3.48. The van der Waals surface area contributed by atoms with Crippen molar-refractivity contribution in [2.45, 2.75) is 32.4 Å². The van der Waals surface area contributed by atoms with Gasteiger partial charge in [-0.3, -0.25) is 0 Å². The van der Waals surface area contributed by atoms with Crippen LogP contribution >= 0.6 is 0 Å². The van der Waals surface area contributed by atoms with Crippen LogP contribution in [0.3, 0.4) is 0 Å². The molecule has 0 aromatic carbocycles. The molecule has 0 aliphatic carbocycles. The molecule has 1 aromatic heterocycles. The lowest BCUT2D eigenvalue weighted by Gasteiger charge is -2.06. The van der Waals surface area contributed by atoms with E-state index in [1.54, 1.807) is 0 Å². The van der Waals surface area contributed by atoms with Crippen LogP contribution in [0.5, 0.6) is 0 Å². The molecule has 0 radical (unpaired) electrons. The van der Waals surface area contributed by atoms with Gasteiger partial charge in [-0.25, -0.2) is 8.42 Å². The Bertz CT molecular complexity index is 423. The summed E-state index contributed by atoms with van der Waals surface area (Å²) in [5, 5.41) is 0. The monoisotopic (exact) mass is 244 g/mol. The first-order chi connectivity index (χ1) is 7.40. The third kappa shape index (κ3) is 4.81. The van der Waals surface area contributed by atoms with Gasteiger partial charge >= 0.3 is 0 Å². The first kappa shape index (κ1) is 13.3. The lowest BCUT2D eigenvalue weighted by Crippen LogP contribution is -2.21. The van der Waals surface area contributed by atoms with Crippen molar-refractivity contribution in [1.29, 1.82) is 0 Å². The summed E-state index contributed by atoms with van der Waals surface area (Å²) in [7, 11) is -2.89. The van der Waals surface area contributed by atoms with Gasteiger partial charge in [0.25, 0.3) is 0 Å². The second-order valence-corrected chi connectivity index (χ2v) is 6.52. The van der Waals surface area contributed by atoms with Crippen molar-refractivity contribution in [3.05, 3.63) is 24.0 Å². The standard InChI is InChI=1S/C11H20N2O2S/c1-3-11(12)8-10-4-5-13(9-10)6-7-16(2,14)15/h4-5,9,11H,3,6-8,12H2,1-2H3. The van der Waals surface area contributed by atoms with E-state index in [1.807, 2.05) is 23.0 Å². The summed E-state index contributed by atoms with van der Waals surface area (Å²) in [6, 6.07) is 2.18. The van der Waals surface area contributed by atoms with Gasteiger partial charge in [-0.05, 0) is 24.5 Å². The molecule has 0 fully saturated rings. The molecule has 1 atom stereocenters. The van der Waals surface area contributed by atoms with E-state index in [4.69, 9.17) is 5.73 Å². The summed E-state index contributed by atoms with van der Waals surface area (Å²) in [4.78, 5) is 0. The zero-order valence-electron chi connectivity index (χ0n) is 9.89. The summed E-state index contributed by atoms with van der Waals surface area (Å²) >= 11 is 0. The average molecular weight is 244 g/mol. The van der Waals surface area contributed by atoms with E-state index < -0.39 is 9.84 Å². The normalized spacial score (nSPS) is 13.9. The Kier molecular flexibility index (Phi) is 4.56. The highest BCUT2D eigenvalue weighted by Crippen LogP contribution is 2.06. The van der Waals surface area contributed by atoms with Crippen molar-refractivity contribution in [1.82, 2.24) is 4.57 Å². The molecular weight excluding hydrogens is 224 g/mol. The second kappa shape index (κ2) is 5.50. The van der Waals surface area contributed by atoms with Crippen LogP contribution in [0.15, 0.2) is 18.5 Å². The highest BCUT2D eigenvalue weighted by Gasteiger charge is 2.05. The summed E-state index contributed by atoms with van der Waals surface area (Å²) in [5.41, 5.74) is 7.02. The molecule has 0 amide bonds. The molecular formula is C11H20N2O2S. The third-order valence-electron chi connectivity index (χ3n) is 2.55. The van der Waals surface area contributed by atoms with Crippen LogP contribution in [0, 0.1) is 0 Å². The van der Waals surface area contributed by atoms with E-state index in [0.29, 0.717) is 6.54 Å². The Morgan fingerprint density at radius 2 is 2.19 bits per heavy atom. The fourth-order valence-electron chi connectivity index (χ4n) is 1.47.